The van der Waals surface area contributed by atoms with Crippen LogP contribution in [-0.4, -0.2) is 30.5 Å². The number of nitrogens with zero attached hydrogens (tertiary/aromatic N) is 4. The molecule has 2 heterocycles. The number of nitrogens with one attached hydrogen (secondary N) is 1. The summed E-state index contributed by atoms with van der Waals surface area (Å²) in [5, 5.41) is 13.4. The van der Waals surface area contributed by atoms with E-state index in [0.29, 0.717) is 27.9 Å². The number of hydroxylamine groups is 1. The van der Waals surface area contributed by atoms with Crippen LogP contribution in [0.15, 0.2) is 46.9 Å². The number of halogens is 4. The number of benzene rings is 1. The topological polar surface area (TPSA) is 110 Å². The van der Waals surface area contributed by atoms with Gasteiger partial charge in [-0.2, -0.15) is 13.2 Å². The molecule has 0 saturated heterocycles. The first-order chi connectivity index (χ1) is 15.6. The second-order valence-corrected chi connectivity index (χ2v) is 7.24. The van der Waals surface area contributed by atoms with Crippen molar-refractivity contribution in [2.24, 2.45) is 0 Å². The van der Waals surface area contributed by atoms with Crippen LogP contribution in [0.1, 0.15) is 32.3 Å². The van der Waals surface area contributed by atoms with E-state index in [-0.39, 0.29) is 22.9 Å². The molecule has 1 aromatic carbocycles. The van der Waals surface area contributed by atoms with Gasteiger partial charge < -0.3 is 5.73 Å². The van der Waals surface area contributed by atoms with Gasteiger partial charge in [0.25, 0.3) is 0 Å². The Kier molecular flexibility index (Phi) is 6.86. The lowest BCUT2D eigenvalue weighted by molar-refractivity contribution is -0.137. The zero-order valence-electron chi connectivity index (χ0n) is 17.8. The van der Waals surface area contributed by atoms with Crippen LogP contribution in [0.25, 0.3) is 22.5 Å². The molecule has 0 atom stereocenters. The van der Waals surface area contributed by atoms with Gasteiger partial charge in [-0.3, -0.25) is 10.7 Å². The molecule has 2 aromatic heterocycles. The number of aromatic nitrogens is 4. The van der Waals surface area contributed by atoms with Crippen molar-refractivity contribution in [1.29, 1.82) is 0 Å². The van der Waals surface area contributed by atoms with E-state index in [0.717, 1.165) is 4.40 Å². The van der Waals surface area contributed by atoms with Crippen molar-refractivity contribution in [2.75, 3.05) is 5.73 Å². The largest absolute Gasteiger partial charge is 0.390 e. The zero-order valence-corrected chi connectivity index (χ0v) is 17.8. The maximum Gasteiger partial charge on any atom is 0.390 e. The first-order valence-corrected chi connectivity index (χ1v) is 9.96. The lowest BCUT2D eigenvalue weighted by Crippen LogP contribution is -2.25. The van der Waals surface area contributed by atoms with E-state index in [4.69, 9.17) is 5.73 Å². The Hall–Kier alpha value is -3.67. The maximum absolute atomic E-state index is 13.5. The van der Waals surface area contributed by atoms with Gasteiger partial charge in [-0.1, -0.05) is 13.0 Å². The van der Waals surface area contributed by atoms with Crippen molar-refractivity contribution in [3.8, 4) is 11.3 Å². The van der Waals surface area contributed by atoms with E-state index in [1.54, 1.807) is 19.1 Å². The van der Waals surface area contributed by atoms with Gasteiger partial charge in [0, 0.05) is 11.3 Å². The maximum atomic E-state index is 13.5. The highest BCUT2D eigenvalue weighted by Gasteiger charge is 2.28. The van der Waals surface area contributed by atoms with Crippen LogP contribution in [0.5, 0.6) is 0 Å². The van der Waals surface area contributed by atoms with Crippen LogP contribution >= 0.6 is 0 Å². The monoisotopic (exact) mass is 466 g/mol. The third kappa shape index (κ3) is 5.22. The van der Waals surface area contributed by atoms with Crippen molar-refractivity contribution in [3.05, 3.63) is 64.0 Å². The van der Waals surface area contributed by atoms with Gasteiger partial charge in [0.1, 0.15) is 5.82 Å². The van der Waals surface area contributed by atoms with E-state index in [1.807, 2.05) is 12.4 Å². The number of alkyl halides is 3. The SMILES string of the molecule is CC/C=C(\C=C(\C)NO)c1c(-c2ccc(F)cc2)nc(N)n2c(=O)n(CCC(F)(F)F)nc12. The van der Waals surface area contributed by atoms with E-state index in [1.165, 1.54) is 24.3 Å². The van der Waals surface area contributed by atoms with Crippen LogP contribution in [0.4, 0.5) is 23.5 Å². The van der Waals surface area contributed by atoms with Gasteiger partial charge in [-0.25, -0.2) is 23.3 Å². The number of aryl methyl sites for hydroxylation is 1. The molecule has 176 valence electrons. The standard InChI is InChI=1S/C21H22F4N6O2/c1-3-4-14(11-12(2)29-33)16-17(13-5-7-15(22)8-6-13)27-19(26)31-18(16)28-30(20(31)32)10-9-21(23,24)25/h4-8,11,29,33H,3,9-10H2,1-2H3,(H2,26,27)/b12-11-,14-4+. The van der Waals surface area contributed by atoms with Crippen molar-refractivity contribution < 1.29 is 22.8 Å². The Balaban J connectivity index is 2.38. The minimum atomic E-state index is -4.49. The average Bonchev–Trinajstić information content (AvgIpc) is 3.08. The van der Waals surface area contributed by atoms with E-state index < -0.39 is 30.6 Å². The highest BCUT2D eigenvalue weighted by atomic mass is 19.4. The number of allylic oxidation sites excluding steroid dienone is 4. The highest BCUT2D eigenvalue weighted by molar-refractivity contribution is 5.91. The fraction of sp³-hybridized carbons (Fsp3) is 0.286. The Morgan fingerprint density at radius 1 is 1.27 bits per heavy atom. The number of nitrogen functional groups attached to an aromatic ring is 1. The molecule has 0 fully saturated rings. The summed E-state index contributed by atoms with van der Waals surface area (Å²) in [5.41, 5.74) is 8.92. The minimum absolute atomic E-state index is 0.0179. The van der Waals surface area contributed by atoms with Crippen LogP contribution in [0, 0.1) is 5.82 Å². The third-order valence-corrected chi connectivity index (χ3v) is 4.74. The van der Waals surface area contributed by atoms with Crippen molar-refractivity contribution in [3.63, 3.8) is 0 Å². The minimum Gasteiger partial charge on any atom is -0.369 e. The molecule has 3 rings (SSSR count). The second-order valence-electron chi connectivity index (χ2n) is 7.24. The molecule has 0 aliphatic heterocycles. The van der Waals surface area contributed by atoms with Crippen molar-refractivity contribution in [2.45, 2.75) is 39.4 Å². The molecule has 0 aliphatic carbocycles. The van der Waals surface area contributed by atoms with Gasteiger partial charge in [0.2, 0.25) is 5.95 Å². The smallest absolute Gasteiger partial charge is 0.369 e. The van der Waals surface area contributed by atoms with Gasteiger partial charge in [0.15, 0.2) is 5.65 Å². The lowest BCUT2D eigenvalue weighted by Gasteiger charge is -2.13. The molecule has 33 heavy (non-hydrogen) atoms. The molecule has 0 bridgehead atoms. The molecule has 0 spiro atoms. The molecule has 12 heteroatoms. The highest BCUT2D eigenvalue weighted by Crippen LogP contribution is 2.33. The first kappa shape index (κ1) is 24.0. The molecule has 8 nitrogen and oxygen atoms in total. The Labute approximate surface area is 185 Å². The quantitative estimate of drug-likeness (QED) is 0.277. The van der Waals surface area contributed by atoms with Crippen LogP contribution in [-0.2, 0) is 6.54 Å². The van der Waals surface area contributed by atoms with Crippen molar-refractivity contribution in [1.82, 2.24) is 24.6 Å². The predicted octanol–water partition coefficient (Wildman–Crippen LogP) is 3.91. The summed E-state index contributed by atoms with van der Waals surface area (Å²) in [6.45, 7) is 2.73. The fourth-order valence-corrected chi connectivity index (χ4v) is 3.28. The lowest BCUT2D eigenvalue weighted by atomic mass is 9.98. The van der Waals surface area contributed by atoms with Gasteiger partial charge >= 0.3 is 11.9 Å². The molecule has 3 aromatic rings. The number of nitrogens with two attached hydrogens (primary N) is 1. The summed E-state index contributed by atoms with van der Waals surface area (Å²) in [5.74, 6) is -0.764. The number of hydrogen-bond acceptors (Lipinski definition) is 6. The van der Waals surface area contributed by atoms with Gasteiger partial charge in [0.05, 0.1) is 24.2 Å². The Morgan fingerprint density at radius 2 is 1.94 bits per heavy atom. The van der Waals surface area contributed by atoms with E-state index in [2.05, 4.69) is 10.1 Å². The first-order valence-electron chi connectivity index (χ1n) is 9.96. The molecular formula is C21H22F4N6O2. The number of rotatable bonds is 7. The van der Waals surface area contributed by atoms with Crippen LogP contribution < -0.4 is 16.9 Å². The molecule has 4 N–H and O–H groups in total. The zero-order chi connectivity index (χ0) is 24.3. The molecular weight excluding hydrogens is 444 g/mol. The predicted molar refractivity (Wildman–Crippen MR) is 115 cm³/mol. The summed E-state index contributed by atoms with van der Waals surface area (Å²) in [7, 11) is 0. The Bertz CT molecular complexity index is 1270. The Morgan fingerprint density at radius 3 is 2.52 bits per heavy atom. The average molecular weight is 466 g/mol. The van der Waals surface area contributed by atoms with Crippen LogP contribution in [0.2, 0.25) is 0 Å². The summed E-state index contributed by atoms with van der Waals surface area (Å²) >= 11 is 0. The molecule has 0 unspecified atom stereocenters. The number of anilines is 1. The number of fused-ring (bicyclic) bond motifs is 1. The van der Waals surface area contributed by atoms with E-state index in [9.17, 15) is 27.6 Å². The molecule has 0 amide bonds. The van der Waals surface area contributed by atoms with Crippen molar-refractivity contribution >= 4 is 17.2 Å². The van der Waals surface area contributed by atoms with Crippen LogP contribution in [0.3, 0.4) is 0 Å². The summed E-state index contributed by atoms with van der Waals surface area (Å²) in [4.78, 5) is 17.1. The summed E-state index contributed by atoms with van der Waals surface area (Å²) < 4.78 is 53.4. The second kappa shape index (κ2) is 9.45. The molecule has 0 saturated carbocycles. The molecule has 0 aliphatic rings. The van der Waals surface area contributed by atoms with Gasteiger partial charge in [-0.15, -0.1) is 5.10 Å². The van der Waals surface area contributed by atoms with E-state index >= 15 is 0 Å². The molecule has 0 radical (unpaired) electrons. The summed E-state index contributed by atoms with van der Waals surface area (Å²) in [6, 6.07) is 5.35. The van der Waals surface area contributed by atoms with Gasteiger partial charge in [-0.05, 0) is 49.3 Å². The normalized spacial score (nSPS) is 13.1. The number of hydrogen-bond donors (Lipinski definition) is 3. The fourth-order valence-electron chi connectivity index (χ4n) is 3.28. The summed E-state index contributed by atoms with van der Waals surface area (Å²) in [6.07, 6.45) is -1.89. The third-order valence-electron chi connectivity index (χ3n) is 4.74.